The molecule has 2 fully saturated rings. The van der Waals surface area contributed by atoms with Crippen molar-refractivity contribution in [2.45, 2.75) is 51.7 Å². The smallest absolute Gasteiger partial charge is 0.322 e. The molecule has 4 heterocycles. The van der Waals surface area contributed by atoms with Crippen LogP contribution in [0.5, 0.6) is 0 Å². The van der Waals surface area contributed by atoms with Crippen molar-refractivity contribution < 1.29 is 23.4 Å². The molecular weight excluding hydrogens is 532 g/mol. The lowest BCUT2D eigenvalue weighted by molar-refractivity contribution is -0.137. The third-order valence-electron chi connectivity index (χ3n) is 7.68. The van der Waals surface area contributed by atoms with Crippen molar-refractivity contribution in [1.29, 1.82) is 0 Å². The first-order valence-corrected chi connectivity index (χ1v) is 14.0. The van der Waals surface area contributed by atoms with Gasteiger partial charge in [0.2, 0.25) is 5.95 Å². The zero-order valence-electron chi connectivity index (χ0n) is 23.7. The van der Waals surface area contributed by atoms with Gasteiger partial charge >= 0.3 is 5.92 Å². The van der Waals surface area contributed by atoms with Crippen LogP contribution in [0.25, 0.3) is 11.0 Å². The summed E-state index contributed by atoms with van der Waals surface area (Å²) in [5.41, 5.74) is 2.13. The number of anilines is 4. The van der Waals surface area contributed by atoms with Crippen molar-refractivity contribution in [2.24, 2.45) is 5.92 Å². The number of piperidine rings is 1. The summed E-state index contributed by atoms with van der Waals surface area (Å²) in [6.45, 7) is 9.19. The molecule has 0 spiro atoms. The highest BCUT2D eigenvalue weighted by Gasteiger charge is 2.33. The molecule has 2 saturated heterocycles. The third kappa shape index (κ3) is 7.06. The Hall–Kier alpha value is -3.48. The number of ether oxygens (including phenoxy) is 1. The predicted molar refractivity (Wildman–Crippen MR) is 154 cm³/mol. The van der Waals surface area contributed by atoms with E-state index in [4.69, 9.17) is 14.7 Å². The molecule has 10 nitrogen and oxygen atoms in total. The fourth-order valence-electron chi connectivity index (χ4n) is 5.26. The molecule has 12 heteroatoms. The van der Waals surface area contributed by atoms with Crippen molar-refractivity contribution in [3.05, 3.63) is 42.1 Å². The number of para-hydroxylation sites is 2. The normalized spacial score (nSPS) is 17.6. The Kier molecular flexibility index (Phi) is 8.35. The second-order valence-corrected chi connectivity index (χ2v) is 11.4. The minimum Gasteiger partial charge on any atom is -0.390 e. The van der Waals surface area contributed by atoms with Crippen LogP contribution in [0, 0.1) is 5.92 Å². The lowest BCUT2D eigenvalue weighted by atomic mass is 9.83. The molecule has 41 heavy (non-hydrogen) atoms. The Labute approximate surface area is 238 Å². The zero-order chi connectivity index (χ0) is 29.2. The molecule has 3 aromatic rings. The Balaban J connectivity index is 1.42. The summed E-state index contributed by atoms with van der Waals surface area (Å²) in [5.74, 6) is -3.73. The van der Waals surface area contributed by atoms with Gasteiger partial charge in [0.15, 0.2) is 5.82 Å². The average molecular weight is 570 g/mol. The Morgan fingerprint density at radius 3 is 2.34 bits per heavy atom. The fourth-order valence-corrected chi connectivity index (χ4v) is 5.26. The summed E-state index contributed by atoms with van der Waals surface area (Å²) in [5, 5.41) is 15.8. The second-order valence-electron chi connectivity index (χ2n) is 11.4. The number of amides is 1. The first kappa shape index (κ1) is 29.0. The molecule has 0 atom stereocenters. The zero-order valence-corrected chi connectivity index (χ0v) is 23.7. The molecule has 2 aromatic heterocycles. The number of pyridine rings is 1. The number of aromatic nitrogens is 3. The molecule has 1 aromatic carbocycles. The summed E-state index contributed by atoms with van der Waals surface area (Å²) in [6.07, 6.45) is 1.87. The van der Waals surface area contributed by atoms with Gasteiger partial charge in [-0.2, -0.15) is 13.8 Å². The van der Waals surface area contributed by atoms with Gasteiger partial charge in [-0.3, -0.25) is 9.69 Å². The SMILES string of the molecule is CC(F)(F)C(=O)Nc1ccccc1Nc1nc(N2CCOCC2)c2nc(CN3CCC(C(C)(C)O)CC3)ccc2n1. The number of nitrogens with one attached hydrogen (secondary N) is 2. The summed E-state index contributed by atoms with van der Waals surface area (Å²) in [4.78, 5) is 30.9. The Bertz CT molecular complexity index is 1380. The van der Waals surface area contributed by atoms with Crippen molar-refractivity contribution in [1.82, 2.24) is 19.9 Å². The van der Waals surface area contributed by atoms with Gasteiger partial charge in [-0.15, -0.1) is 0 Å². The maximum Gasteiger partial charge on any atom is 0.322 e. The number of morpholine rings is 1. The number of alkyl halides is 2. The van der Waals surface area contributed by atoms with Crippen LogP contribution in [-0.4, -0.2) is 81.8 Å². The minimum absolute atomic E-state index is 0.192. The van der Waals surface area contributed by atoms with Crippen molar-refractivity contribution >= 4 is 40.1 Å². The molecular formula is C29H37F2N7O3. The van der Waals surface area contributed by atoms with Crippen LogP contribution in [-0.2, 0) is 16.1 Å². The molecule has 0 saturated carbocycles. The van der Waals surface area contributed by atoms with Crippen LogP contribution in [0.2, 0.25) is 0 Å². The first-order valence-electron chi connectivity index (χ1n) is 14.0. The monoisotopic (exact) mass is 569 g/mol. The Morgan fingerprint density at radius 1 is 1.00 bits per heavy atom. The first-order chi connectivity index (χ1) is 19.5. The minimum atomic E-state index is -3.52. The van der Waals surface area contributed by atoms with E-state index >= 15 is 0 Å². The van der Waals surface area contributed by atoms with Crippen LogP contribution in [0.4, 0.5) is 31.9 Å². The molecule has 0 aliphatic carbocycles. The van der Waals surface area contributed by atoms with Gasteiger partial charge in [-0.05, 0) is 70.0 Å². The number of carbonyl (C=O) groups is 1. The number of hydrogen-bond acceptors (Lipinski definition) is 9. The van der Waals surface area contributed by atoms with Crippen molar-refractivity contribution in [3.63, 3.8) is 0 Å². The molecule has 0 unspecified atom stereocenters. The van der Waals surface area contributed by atoms with Gasteiger partial charge in [0.1, 0.15) is 5.52 Å². The van der Waals surface area contributed by atoms with E-state index in [2.05, 4.69) is 25.4 Å². The molecule has 3 N–H and O–H groups in total. The predicted octanol–water partition coefficient (Wildman–Crippen LogP) is 4.18. The standard InChI is InChI=1S/C29H37F2N7O3/c1-28(2,40)19-10-12-37(13-11-19)18-20-8-9-23-24(32-20)25(38-14-16-41-17-15-38)36-27(35-23)34-22-7-5-4-6-21(22)33-26(39)29(3,30)31/h4-9,19,40H,10-18H2,1-3H3,(H,33,39)(H,34,35,36). The highest BCUT2D eigenvalue weighted by molar-refractivity contribution is 5.98. The van der Waals surface area contributed by atoms with Crippen LogP contribution in [0.3, 0.4) is 0 Å². The number of benzene rings is 1. The lowest BCUT2D eigenvalue weighted by Crippen LogP contribution is -2.41. The van der Waals surface area contributed by atoms with Crippen LogP contribution >= 0.6 is 0 Å². The topological polar surface area (TPSA) is 116 Å². The third-order valence-corrected chi connectivity index (χ3v) is 7.68. The molecule has 0 bridgehead atoms. The molecule has 220 valence electrons. The lowest BCUT2D eigenvalue weighted by Gasteiger charge is -2.37. The molecule has 0 radical (unpaired) electrons. The number of likely N-dealkylation sites (tertiary alicyclic amines) is 1. The largest absolute Gasteiger partial charge is 0.390 e. The average Bonchev–Trinajstić information content (AvgIpc) is 2.93. The van der Waals surface area contributed by atoms with Crippen LogP contribution in [0.15, 0.2) is 36.4 Å². The number of hydrogen-bond donors (Lipinski definition) is 3. The number of fused-ring (bicyclic) bond motifs is 1. The molecule has 5 rings (SSSR count). The number of carbonyl (C=O) groups excluding carboxylic acids is 1. The van der Waals surface area contributed by atoms with Gasteiger partial charge < -0.3 is 25.4 Å². The van der Waals surface area contributed by atoms with E-state index in [1.807, 2.05) is 26.0 Å². The number of halogens is 2. The summed E-state index contributed by atoms with van der Waals surface area (Å²) >= 11 is 0. The fraction of sp³-hybridized carbons (Fsp3) is 0.517. The van der Waals surface area contributed by atoms with Gasteiger partial charge in [-0.1, -0.05) is 12.1 Å². The van der Waals surface area contributed by atoms with Crippen LogP contribution in [0.1, 0.15) is 39.3 Å². The van der Waals surface area contributed by atoms with Gasteiger partial charge in [0.25, 0.3) is 5.91 Å². The van der Waals surface area contributed by atoms with E-state index in [0.29, 0.717) is 62.3 Å². The quantitative estimate of drug-likeness (QED) is 0.367. The van der Waals surface area contributed by atoms with Gasteiger partial charge in [0, 0.05) is 26.6 Å². The maximum absolute atomic E-state index is 13.5. The van der Waals surface area contributed by atoms with E-state index in [-0.39, 0.29) is 17.6 Å². The highest BCUT2D eigenvalue weighted by Crippen LogP contribution is 2.31. The van der Waals surface area contributed by atoms with Gasteiger partial charge in [-0.25, -0.2) is 9.97 Å². The highest BCUT2D eigenvalue weighted by atomic mass is 19.3. The number of aliphatic hydroxyl groups is 1. The van der Waals surface area contributed by atoms with E-state index in [1.165, 1.54) is 6.07 Å². The molecule has 2 aliphatic rings. The van der Waals surface area contributed by atoms with E-state index in [0.717, 1.165) is 31.6 Å². The van der Waals surface area contributed by atoms with Crippen LogP contribution < -0.4 is 15.5 Å². The second kappa shape index (κ2) is 11.8. The van der Waals surface area contributed by atoms with E-state index < -0.39 is 17.4 Å². The van der Waals surface area contributed by atoms with E-state index in [1.54, 1.807) is 18.2 Å². The summed E-state index contributed by atoms with van der Waals surface area (Å²) < 4.78 is 32.6. The van der Waals surface area contributed by atoms with Gasteiger partial charge in [0.05, 0.1) is 41.4 Å². The number of nitrogens with zero attached hydrogens (tertiary/aromatic N) is 5. The summed E-state index contributed by atoms with van der Waals surface area (Å²) in [7, 11) is 0. The summed E-state index contributed by atoms with van der Waals surface area (Å²) in [6, 6.07) is 10.4. The maximum atomic E-state index is 13.5. The van der Waals surface area contributed by atoms with Crippen molar-refractivity contribution in [2.75, 3.05) is 54.9 Å². The molecule has 1 amide bonds. The Morgan fingerprint density at radius 2 is 1.68 bits per heavy atom. The molecule has 2 aliphatic heterocycles. The number of rotatable bonds is 8. The van der Waals surface area contributed by atoms with Crippen molar-refractivity contribution in [3.8, 4) is 0 Å². The van der Waals surface area contributed by atoms with E-state index in [9.17, 15) is 18.7 Å².